The Morgan fingerprint density at radius 2 is 1.85 bits per heavy atom. The maximum atomic E-state index is 12.9. The van der Waals surface area contributed by atoms with Crippen LogP contribution in [-0.4, -0.2) is 21.0 Å². The number of aromatic nitrogens is 2. The van der Waals surface area contributed by atoms with E-state index in [1.165, 1.54) is 24.0 Å². The Kier molecular flexibility index (Phi) is 4.50. The van der Waals surface area contributed by atoms with Crippen LogP contribution >= 0.6 is 0 Å². The zero-order valence-electron chi connectivity index (χ0n) is 16.3. The molecule has 0 saturated heterocycles. The summed E-state index contributed by atoms with van der Waals surface area (Å²) in [5.74, 6) is 1.60. The molecule has 0 atom stereocenters. The van der Waals surface area contributed by atoms with E-state index < -0.39 is 0 Å². The highest BCUT2D eigenvalue weighted by atomic mass is 16.2. The fourth-order valence-corrected chi connectivity index (χ4v) is 3.80. The first-order valence-electron chi connectivity index (χ1n) is 9.74. The molecule has 1 saturated carbocycles. The van der Waals surface area contributed by atoms with Crippen LogP contribution in [0.1, 0.15) is 49.6 Å². The number of carbonyl (C=O) groups is 1. The Balaban J connectivity index is 1.52. The van der Waals surface area contributed by atoms with Crippen molar-refractivity contribution in [3.8, 4) is 0 Å². The van der Waals surface area contributed by atoms with E-state index in [9.17, 15) is 4.79 Å². The van der Waals surface area contributed by atoms with Gasteiger partial charge in [0.2, 0.25) is 5.91 Å². The van der Waals surface area contributed by atoms with E-state index >= 15 is 0 Å². The normalized spacial score (nSPS) is 14.5. The third-order valence-corrected chi connectivity index (χ3v) is 5.30. The van der Waals surface area contributed by atoms with Gasteiger partial charge in [-0.2, -0.15) is 0 Å². The number of carbonyl (C=O) groups excluding carboxylic acids is 1. The maximum absolute atomic E-state index is 12.9. The molecule has 3 aromatic rings. The molecule has 1 aromatic heterocycles. The van der Waals surface area contributed by atoms with Crippen LogP contribution in [0.2, 0.25) is 0 Å². The molecule has 1 aliphatic carbocycles. The van der Waals surface area contributed by atoms with Crippen molar-refractivity contribution in [3.63, 3.8) is 0 Å². The zero-order chi connectivity index (χ0) is 19.0. The molecule has 0 bridgehead atoms. The predicted octanol–water partition coefficient (Wildman–Crippen LogP) is 4.36. The summed E-state index contributed by atoms with van der Waals surface area (Å²) in [6, 6.07) is 16.5. The van der Waals surface area contributed by atoms with Crippen molar-refractivity contribution in [1.29, 1.82) is 0 Å². The van der Waals surface area contributed by atoms with Gasteiger partial charge in [-0.15, -0.1) is 0 Å². The minimum absolute atomic E-state index is 0.0404. The van der Waals surface area contributed by atoms with Gasteiger partial charge in [0.05, 0.1) is 11.0 Å². The molecular weight excluding hydrogens is 334 g/mol. The lowest BCUT2D eigenvalue weighted by atomic mass is 9.92. The number of rotatable bonds is 6. The highest BCUT2D eigenvalue weighted by molar-refractivity contribution is 5.81. The van der Waals surface area contributed by atoms with Crippen LogP contribution in [0.4, 0.5) is 0 Å². The molecule has 0 aliphatic heterocycles. The van der Waals surface area contributed by atoms with E-state index in [1.54, 1.807) is 0 Å². The summed E-state index contributed by atoms with van der Waals surface area (Å²) in [5, 5.41) is 3.23. The van der Waals surface area contributed by atoms with E-state index in [1.807, 2.05) is 24.3 Å². The average molecular weight is 361 g/mol. The van der Waals surface area contributed by atoms with Gasteiger partial charge in [-0.25, -0.2) is 4.98 Å². The highest BCUT2D eigenvalue weighted by Gasteiger charge is 2.30. The minimum atomic E-state index is -0.306. The second kappa shape index (κ2) is 6.84. The topological polar surface area (TPSA) is 46.9 Å². The fraction of sp³-hybridized carbons (Fsp3) is 0.391. The Labute approximate surface area is 160 Å². The summed E-state index contributed by atoms with van der Waals surface area (Å²) < 4.78 is 2.10. The van der Waals surface area contributed by atoms with Gasteiger partial charge in [-0.05, 0) is 63.3 Å². The van der Waals surface area contributed by atoms with Gasteiger partial charge in [0.1, 0.15) is 12.4 Å². The Morgan fingerprint density at radius 3 is 2.59 bits per heavy atom. The van der Waals surface area contributed by atoms with E-state index in [0.29, 0.717) is 12.5 Å². The van der Waals surface area contributed by atoms with Gasteiger partial charge in [-0.3, -0.25) is 4.79 Å². The van der Waals surface area contributed by atoms with Gasteiger partial charge >= 0.3 is 0 Å². The van der Waals surface area contributed by atoms with Crippen LogP contribution in [-0.2, 0) is 17.8 Å². The van der Waals surface area contributed by atoms with Crippen LogP contribution in [0, 0.1) is 6.92 Å². The average Bonchev–Trinajstić information content (AvgIpc) is 3.40. The lowest BCUT2D eigenvalue weighted by Crippen LogP contribution is -2.46. The Hall–Kier alpha value is -2.62. The molecule has 4 heteroatoms. The highest BCUT2D eigenvalue weighted by Crippen LogP contribution is 2.40. The van der Waals surface area contributed by atoms with Gasteiger partial charge < -0.3 is 9.88 Å². The minimum Gasteiger partial charge on any atom is -0.349 e. The second-order valence-electron chi connectivity index (χ2n) is 8.35. The second-order valence-corrected chi connectivity index (χ2v) is 8.35. The van der Waals surface area contributed by atoms with Crippen LogP contribution in [0.25, 0.3) is 11.0 Å². The summed E-state index contributed by atoms with van der Waals surface area (Å²) in [4.78, 5) is 17.7. The number of nitrogens with zero attached hydrogens (tertiary/aromatic N) is 2. The SMILES string of the molecule is Cc1ccccc1CC(C)(C)NC(=O)Cn1c(C2CC2)nc2ccccc21. The van der Waals surface area contributed by atoms with Crippen LogP contribution in [0.15, 0.2) is 48.5 Å². The van der Waals surface area contributed by atoms with Crippen molar-refractivity contribution >= 4 is 16.9 Å². The Morgan fingerprint density at radius 1 is 1.15 bits per heavy atom. The molecule has 0 unspecified atom stereocenters. The molecule has 27 heavy (non-hydrogen) atoms. The number of hydrogen-bond donors (Lipinski definition) is 1. The molecule has 0 spiro atoms. The first kappa shape index (κ1) is 17.8. The molecule has 4 rings (SSSR count). The van der Waals surface area contributed by atoms with Crippen LogP contribution < -0.4 is 5.32 Å². The number of para-hydroxylation sites is 2. The predicted molar refractivity (Wildman–Crippen MR) is 109 cm³/mol. The van der Waals surface area contributed by atoms with Crippen molar-refractivity contribution in [2.24, 2.45) is 0 Å². The van der Waals surface area contributed by atoms with E-state index in [-0.39, 0.29) is 11.4 Å². The third-order valence-electron chi connectivity index (χ3n) is 5.30. The summed E-state index contributed by atoms with van der Waals surface area (Å²) in [6.07, 6.45) is 3.15. The monoisotopic (exact) mass is 361 g/mol. The standard InChI is InChI=1S/C23H27N3O/c1-16-8-4-5-9-18(16)14-23(2,3)25-21(27)15-26-20-11-7-6-10-19(20)24-22(26)17-12-13-17/h4-11,17H,12-15H2,1-3H3,(H,25,27). The maximum Gasteiger partial charge on any atom is 0.240 e. The van der Waals surface area contributed by atoms with Gasteiger partial charge in [0.25, 0.3) is 0 Å². The molecule has 0 radical (unpaired) electrons. The smallest absolute Gasteiger partial charge is 0.240 e. The lowest BCUT2D eigenvalue weighted by molar-refractivity contribution is -0.123. The molecule has 1 aliphatic rings. The number of nitrogens with one attached hydrogen (secondary N) is 1. The van der Waals surface area contributed by atoms with Gasteiger partial charge in [-0.1, -0.05) is 36.4 Å². The van der Waals surface area contributed by atoms with Gasteiger partial charge in [0.15, 0.2) is 0 Å². The number of imidazole rings is 1. The molecule has 1 heterocycles. The van der Waals surface area contributed by atoms with Crippen molar-refractivity contribution in [2.45, 2.75) is 58.0 Å². The summed E-state index contributed by atoms with van der Waals surface area (Å²) in [7, 11) is 0. The molecule has 2 aromatic carbocycles. The zero-order valence-corrected chi connectivity index (χ0v) is 16.3. The first-order chi connectivity index (χ1) is 12.9. The molecule has 4 nitrogen and oxygen atoms in total. The number of amides is 1. The number of aryl methyl sites for hydroxylation is 1. The van der Waals surface area contributed by atoms with Crippen molar-refractivity contribution in [2.75, 3.05) is 0 Å². The van der Waals surface area contributed by atoms with E-state index in [2.05, 4.69) is 54.9 Å². The van der Waals surface area contributed by atoms with Gasteiger partial charge in [0, 0.05) is 11.5 Å². The largest absolute Gasteiger partial charge is 0.349 e. The van der Waals surface area contributed by atoms with Crippen molar-refractivity contribution in [3.05, 3.63) is 65.5 Å². The van der Waals surface area contributed by atoms with E-state index in [0.717, 1.165) is 23.3 Å². The van der Waals surface area contributed by atoms with Crippen molar-refractivity contribution < 1.29 is 4.79 Å². The number of hydrogen-bond acceptors (Lipinski definition) is 2. The summed E-state index contributed by atoms with van der Waals surface area (Å²) in [5.41, 5.74) is 4.25. The van der Waals surface area contributed by atoms with Crippen LogP contribution in [0.5, 0.6) is 0 Å². The molecule has 140 valence electrons. The summed E-state index contributed by atoms with van der Waals surface area (Å²) in [6.45, 7) is 6.62. The van der Waals surface area contributed by atoms with E-state index in [4.69, 9.17) is 4.98 Å². The molecule has 1 amide bonds. The molecule has 1 N–H and O–H groups in total. The van der Waals surface area contributed by atoms with Crippen molar-refractivity contribution in [1.82, 2.24) is 14.9 Å². The molecular formula is C23H27N3O. The number of fused-ring (bicyclic) bond motifs is 1. The first-order valence-corrected chi connectivity index (χ1v) is 9.74. The Bertz CT molecular complexity index is 982. The fourth-order valence-electron chi connectivity index (χ4n) is 3.80. The third kappa shape index (κ3) is 3.90. The molecule has 1 fully saturated rings. The van der Waals surface area contributed by atoms with Crippen LogP contribution in [0.3, 0.4) is 0 Å². The summed E-state index contributed by atoms with van der Waals surface area (Å²) >= 11 is 0. The number of benzene rings is 2. The quantitative estimate of drug-likeness (QED) is 0.709. The lowest BCUT2D eigenvalue weighted by Gasteiger charge is -2.27.